The summed E-state index contributed by atoms with van der Waals surface area (Å²) in [5.74, 6) is -1.00. The molecule has 21 heavy (non-hydrogen) atoms. The van der Waals surface area contributed by atoms with Gasteiger partial charge in [-0.05, 0) is 24.8 Å². The number of unbranched alkanes of at least 4 members (excludes halogenated alkanes) is 1. The quantitative estimate of drug-likeness (QED) is 0.624. The van der Waals surface area contributed by atoms with Crippen molar-refractivity contribution in [3.63, 3.8) is 0 Å². The lowest BCUT2D eigenvalue weighted by atomic mass is 10.1. The molecule has 2 aromatic heterocycles. The molecule has 0 fully saturated rings. The molecule has 0 saturated carbocycles. The number of carboxylic acid groups (broad SMARTS) is 1. The van der Waals surface area contributed by atoms with Crippen LogP contribution < -0.4 is 5.56 Å². The largest absolute Gasteiger partial charge is 0.481 e. The standard InChI is InChI=1S/C14H18N2O3S2/c1-3-4-5-9(2)16-13(19)10-6-7-20-12(10)15-14(16)21-8-11(17)18/h6-7,9H,3-5,8H2,1-2H3,(H,17,18). The van der Waals surface area contributed by atoms with Crippen molar-refractivity contribution >= 4 is 39.3 Å². The van der Waals surface area contributed by atoms with Crippen molar-refractivity contribution < 1.29 is 9.90 Å². The average molecular weight is 326 g/mol. The Labute approximate surface area is 131 Å². The first kappa shape index (κ1) is 16.0. The van der Waals surface area contributed by atoms with Crippen LogP contribution in [0, 0.1) is 0 Å². The number of nitrogens with zero attached hydrogens (tertiary/aromatic N) is 2. The number of carboxylic acids is 1. The van der Waals surface area contributed by atoms with E-state index in [2.05, 4.69) is 11.9 Å². The molecule has 2 rings (SSSR count). The molecule has 2 heterocycles. The molecule has 1 N–H and O–H groups in total. The van der Waals surface area contributed by atoms with Crippen molar-refractivity contribution in [2.45, 2.75) is 44.3 Å². The van der Waals surface area contributed by atoms with Crippen LogP contribution in [0.4, 0.5) is 0 Å². The SMILES string of the molecule is CCCCC(C)n1c(SCC(=O)O)nc2sccc2c1=O. The summed E-state index contributed by atoms with van der Waals surface area (Å²) in [6.45, 7) is 4.09. The smallest absolute Gasteiger partial charge is 0.313 e. The van der Waals surface area contributed by atoms with E-state index in [0.29, 0.717) is 15.4 Å². The van der Waals surface area contributed by atoms with Gasteiger partial charge in [-0.15, -0.1) is 11.3 Å². The number of carbonyl (C=O) groups is 1. The summed E-state index contributed by atoms with van der Waals surface area (Å²) >= 11 is 2.51. The van der Waals surface area contributed by atoms with Gasteiger partial charge in [0.1, 0.15) is 4.83 Å². The van der Waals surface area contributed by atoms with E-state index in [1.54, 1.807) is 10.6 Å². The van der Waals surface area contributed by atoms with Gasteiger partial charge in [0.15, 0.2) is 5.16 Å². The van der Waals surface area contributed by atoms with Gasteiger partial charge in [-0.1, -0.05) is 31.5 Å². The summed E-state index contributed by atoms with van der Waals surface area (Å²) < 4.78 is 1.65. The number of rotatable bonds is 7. The normalized spacial score (nSPS) is 12.7. The van der Waals surface area contributed by atoms with Crippen LogP contribution in [0.2, 0.25) is 0 Å². The van der Waals surface area contributed by atoms with E-state index in [-0.39, 0.29) is 17.4 Å². The Hall–Kier alpha value is -1.34. The number of aromatic nitrogens is 2. The van der Waals surface area contributed by atoms with Gasteiger partial charge in [-0.3, -0.25) is 14.2 Å². The fraction of sp³-hybridized carbons (Fsp3) is 0.500. The van der Waals surface area contributed by atoms with E-state index in [0.717, 1.165) is 31.0 Å². The molecule has 0 aliphatic heterocycles. The summed E-state index contributed by atoms with van der Waals surface area (Å²) in [6.07, 6.45) is 2.97. The van der Waals surface area contributed by atoms with Crippen molar-refractivity contribution in [1.29, 1.82) is 0 Å². The minimum Gasteiger partial charge on any atom is -0.481 e. The van der Waals surface area contributed by atoms with Gasteiger partial charge in [0.05, 0.1) is 11.1 Å². The van der Waals surface area contributed by atoms with Crippen LogP contribution in [0.1, 0.15) is 39.2 Å². The zero-order chi connectivity index (χ0) is 15.4. The second kappa shape index (κ2) is 7.09. The summed E-state index contributed by atoms with van der Waals surface area (Å²) in [5.41, 5.74) is -0.0715. The van der Waals surface area contributed by atoms with Crippen molar-refractivity contribution in [2.24, 2.45) is 0 Å². The lowest BCUT2D eigenvalue weighted by molar-refractivity contribution is -0.133. The van der Waals surface area contributed by atoms with Gasteiger partial charge >= 0.3 is 5.97 Å². The second-order valence-electron chi connectivity index (χ2n) is 4.88. The lowest BCUT2D eigenvalue weighted by Crippen LogP contribution is -2.26. The fourth-order valence-corrected chi connectivity index (χ4v) is 3.78. The van der Waals surface area contributed by atoms with Crippen molar-refractivity contribution in [1.82, 2.24) is 9.55 Å². The molecule has 0 aliphatic carbocycles. The van der Waals surface area contributed by atoms with Crippen LogP contribution in [-0.4, -0.2) is 26.4 Å². The summed E-state index contributed by atoms with van der Waals surface area (Å²) in [5, 5.41) is 11.8. The van der Waals surface area contributed by atoms with Crippen molar-refractivity contribution in [3.05, 3.63) is 21.8 Å². The molecular weight excluding hydrogens is 308 g/mol. The number of thiophene rings is 1. The molecule has 0 amide bonds. The maximum absolute atomic E-state index is 12.6. The minimum absolute atomic E-state index is 0.0190. The van der Waals surface area contributed by atoms with Gasteiger partial charge in [-0.25, -0.2) is 4.98 Å². The number of thioether (sulfide) groups is 1. The van der Waals surface area contributed by atoms with Gasteiger partial charge in [0.2, 0.25) is 0 Å². The van der Waals surface area contributed by atoms with Crippen LogP contribution >= 0.6 is 23.1 Å². The molecule has 2 aromatic rings. The maximum Gasteiger partial charge on any atom is 0.313 e. The van der Waals surface area contributed by atoms with Crippen molar-refractivity contribution in [3.8, 4) is 0 Å². The van der Waals surface area contributed by atoms with E-state index in [1.165, 1.54) is 11.3 Å². The number of aliphatic carboxylic acids is 1. The first-order valence-corrected chi connectivity index (χ1v) is 8.75. The van der Waals surface area contributed by atoms with Crippen LogP contribution in [0.5, 0.6) is 0 Å². The Morgan fingerprint density at radius 2 is 2.33 bits per heavy atom. The molecule has 0 bridgehead atoms. The topological polar surface area (TPSA) is 72.2 Å². The molecule has 1 atom stereocenters. The van der Waals surface area contributed by atoms with E-state index < -0.39 is 5.97 Å². The molecule has 0 saturated heterocycles. The van der Waals surface area contributed by atoms with E-state index in [4.69, 9.17) is 5.11 Å². The third kappa shape index (κ3) is 3.65. The molecule has 7 heteroatoms. The number of hydrogen-bond acceptors (Lipinski definition) is 5. The minimum atomic E-state index is -0.909. The molecule has 0 spiro atoms. The van der Waals surface area contributed by atoms with Crippen LogP contribution in [0.25, 0.3) is 10.2 Å². The average Bonchev–Trinajstić information content (AvgIpc) is 2.91. The Kier molecular flexibility index (Phi) is 5.41. The lowest BCUT2D eigenvalue weighted by Gasteiger charge is -2.18. The van der Waals surface area contributed by atoms with Crippen molar-refractivity contribution in [2.75, 3.05) is 5.75 Å². The fourth-order valence-electron chi connectivity index (χ4n) is 2.15. The maximum atomic E-state index is 12.6. The molecule has 1 unspecified atom stereocenters. The molecule has 0 aliphatic rings. The Balaban J connectivity index is 2.46. The van der Waals surface area contributed by atoms with Crippen LogP contribution in [0.3, 0.4) is 0 Å². The number of fused-ring (bicyclic) bond motifs is 1. The van der Waals surface area contributed by atoms with Gasteiger partial charge in [0.25, 0.3) is 5.56 Å². The molecular formula is C14H18N2O3S2. The highest BCUT2D eigenvalue weighted by Gasteiger charge is 2.17. The highest BCUT2D eigenvalue weighted by molar-refractivity contribution is 7.99. The summed E-state index contributed by atoms with van der Waals surface area (Å²) in [6, 6.07) is 1.80. The highest BCUT2D eigenvalue weighted by atomic mass is 32.2. The Morgan fingerprint density at radius 1 is 1.57 bits per heavy atom. The first-order chi connectivity index (χ1) is 10.0. The zero-order valence-electron chi connectivity index (χ0n) is 12.0. The predicted octanol–water partition coefficient (Wildman–Crippen LogP) is 3.39. The predicted molar refractivity (Wildman–Crippen MR) is 86.5 cm³/mol. The monoisotopic (exact) mass is 326 g/mol. The zero-order valence-corrected chi connectivity index (χ0v) is 13.7. The van der Waals surface area contributed by atoms with Gasteiger partial charge < -0.3 is 5.11 Å². The third-order valence-corrected chi connectivity index (χ3v) is 4.98. The second-order valence-corrected chi connectivity index (χ2v) is 6.72. The highest BCUT2D eigenvalue weighted by Crippen LogP contribution is 2.25. The van der Waals surface area contributed by atoms with Gasteiger partial charge in [-0.2, -0.15) is 0 Å². The first-order valence-electron chi connectivity index (χ1n) is 6.89. The molecule has 0 radical (unpaired) electrons. The Morgan fingerprint density at radius 3 is 3.00 bits per heavy atom. The van der Waals surface area contributed by atoms with E-state index >= 15 is 0 Å². The molecule has 0 aromatic carbocycles. The molecule has 114 valence electrons. The van der Waals surface area contributed by atoms with Crippen LogP contribution in [0.15, 0.2) is 21.4 Å². The molecule has 5 nitrogen and oxygen atoms in total. The Bertz CT molecular complexity index is 693. The number of hydrogen-bond donors (Lipinski definition) is 1. The van der Waals surface area contributed by atoms with E-state index in [9.17, 15) is 9.59 Å². The summed E-state index contributed by atoms with van der Waals surface area (Å²) in [4.78, 5) is 28.6. The third-order valence-electron chi connectivity index (χ3n) is 3.24. The summed E-state index contributed by atoms with van der Waals surface area (Å²) in [7, 11) is 0. The van der Waals surface area contributed by atoms with Gasteiger partial charge in [0, 0.05) is 6.04 Å². The van der Waals surface area contributed by atoms with E-state index in [1.807, 2.05) is 12.3 Å². The van der Waals surface area contributed by atoms with Crippen LogP contribution in [-0.2, 0) is 4.79 Å².